The standard InChI is InChI=1S/C14H29N/c1-11(2)8-12-9-13(3,4)15(7)14(5,6)10-12/h11-12H,8-10H2,1-7H3. The smallest absolute Gasteiger partial charge is 0.0158 e. The van der Waals surface area contributed by atoms with Gasteiger partial charge in [0.1, 0.15) is 0 Å². The molecule has 0 amide bonds. The monoisotopic (exact) mass is 211 g/mol. The minimum absolute atomic E-state index is 0.362. The van der Waals surface area contributed by atoms with Gasteiger partial charge >= 0.3 is 0 Å². The molecule has 0 radical (unpaired) electrons. The fourth-order valence-electron chi connectivity index (χ4n) is 3.41. The molecule has 1 saturated heterocycles. The Morgan fingerprint density at radius 1 is 1.07 bits per heavy atom. The Morgan fingerprint density at radius 3 is 1.80 bits per heavy atom. The second-order valence-corrected chi connectivity index (χ2v) is 7.09. The minimum Gasteiger partial charge on any atom is -0.296 e. The maximum Gasteiger partial charge on any atom is 0.0158 e. The van der Waals surface area contributed by atoms with Crippen LogP contribution in [0.1, 0.15) is 60.8 Å². The van der Waals surface area contributed by atoms with Crippen LogP contribution in [-0.2, 0) is 0 Å². The first-order valence-electron chi connectivity index (χ1n) is 6.39. The summed E-state index contributed by atoms with van der Waals surface area (Å²) in [4.78, 5) is 2.57. The van der Waals surface area contributed by atoms with Gasteiger partial charge in [-0.15, -0.1) is 0 Å². The molecule has 1 rings (SSSR count). The summed E-state index contributed by atoms with van der Waals surface area (Å²) in [5, 5.41) is 0. The second kappa shape index (κ2) is 4.08. The Hall–Kier alpha value is -0.0400. The molecule has 0 N–H and O–H groups in total. The lowest BCUT2D eigenvalue weighted by atomic mass is 9.72. The molecule has 0 bridgehead atoms. The van der Waals surface area contributed by atoms with E-state index in [1.165, 1.54) is 19.3 Å². The second-order valence-electron chi connectivity index (χ2n) is 7.09. The van der Waals surface area contributed by atoms with Crippen molar-refractivity contribution in [3.8, 4) is 0 Å². The normalized spacial score (nSPS) is 27.2. The Bertz CT molecular complexity index is 197. The summed E-state index contributed by atoms with van der Waals surface area (Å²) in [6.45, 7) is 14.3. The maximum atomic E-state index is 2.57. The van der Waals surface area contributed by atoms with Crippen molar-refractivity contribution in [1.82, 2.24) is 4.90 Å². The van der Waals surface area contributed by atoms with E-state index in [4.69, 9.17) is 0 Å². The molecule has 0 aromatic rings. The van der Waals surface area contributed by atoms with Gasteiger partial charge in [0.25, 0.3) is 0 Å². The maximum absolute atomic E-state index is 2.57. The van der Waals surface area contributed by atoms with Crippen LogP contribution in [0.4, 0.5) is 0 Å². The van der Waals surface area contributed by atoms with Crippen LogP contribution in [0.15, 0.2) is 0 Å². The van der Waals surface area contributed by atoms with Gasteiger partial charge in [-0.05, 0) is 65.8 Å². The average molecular weight is 211 g/mol. The third-order valence-corrected chi connectivity index (χ3v) is 4.20. The van der Waals surface area contributed by atoms with E-state index in [1.54, 1.807) is 0 Å². The minimum atomic E-state index is 0.362. The molecule has 1 heterocycles. The van der Waals surface area contributed by atoms with E-state index in [1.807, 2.05) is 0 Å². The van der Waals surface area contributed by atoms with Gasteiger partial charge in [-0.1, -0.05) is 13.8 Å². The molecule has 1 heteroatoms. The number of nitrogens with zero attached hydrogens (tertiary/aromatic N) is 1. The van der Waals surface area contributed by atoms with E-state index >= 15 is 0 Å². The number of rotatable bonds is 2. The molecule has 1 nitrogen and oxygen atoms in total. The average Bonchev–Trinajstić information content (AvgIpc) is 1.97. The molecular formula is C14H29N. The molecular weight excluding hydrogens is 182 g/mol. The summed E-state index contributed by atoms with van der Waals surface area (Å²) in [5.74, 6) is 1.75. The lowest BCUT2D eigenvalue weighted by molar-refractivity contribution is -0.0340. The summed E-state index contributed by atoms with van der Waals surface area (Å²) >= 11 is 0. The van der Waals surface area contributed by atoms with E-state index in [2.05, 4.69) is 53.5 Å². The van der Waals surface area contributed by atoms with Crippen LogP contribution in [-0.4, -0.2) is 23.0 Å². The van der Waals surface area contributed by atoms with Crippen molar-refractivity contribution in [3.63, 3.8) is 0 Å². The summed E-state index contributed by atoms with van der Waals surface area (Å²) < 4.78 is 0. The van der Waals surface area contributed by atoms with E-state index in [-0.39, 0.29) is 0 Å². The summed E-state index contributed by atoms with van der Waals surface area (Å²) in [6.07, 6.45) is 4.09. The molecule has 0 saturated carbocycles. The largest absolute Gasteiger partial charge is 0.296 e. The Kier molecular flexibility index (Phi) is 3.55. The van der Waals surface area contributed by atoms with E-state index in [0.29, 0.717) is 11.1 Å². The van der Waals surface area contributed by atoms with Crippen LogP contribution in [0.3, 0.4) is 0 Å². The first kappa shape index (κ1) is 13.0. The number of hydrogen-bond acceptors (Lipinski definition) is 1. The molecule has 0 aliphatic carbocycles. The van der Waals surface area contributed by atoms with Crippen LogP contribution >= 0.6 is 0 Å². The van der Waals surface area contributed by atoms with Gasteiger partial charge in [0, 0.05) is 11.1 Å². The first-order valence-corrected chi connectivity index (χ1v) is 6.39. The molecule has 1 aliphatic heterocycles. The van der Waals surface area contributed by atoms with Crippen LogP contribution in [0, 0.1) is 11.8 Å². The van der Waals surface area contributed by atoms with Gasteiger partial charge in [-0.2, -0.15) is 0 Å². The van der Waals surface area contributed by atoms with Crippen LogP contribution in [0.2, 0.25) is 0 Å². The van der Waals surface area contributed by atoms with Crippen molar-refractivity contribution in [2.45, 2.75) is 71.9 Å². The van der Waals surface area contributed by atoms with Crippen molar-refractivity contribution in [2.75, 3.05) is 7.05 Å². The summed E-state index contributed by atoms with van der Waals surface area (Å²) in [7, 11) is 2.28. The van der Waals surface area contributed by atoms with Gasteiger partial charge in [-0.25, -0.2) is 0 Å². The van der Waals surface area contributed by atoms with E-state index < -0.39 is 0 Å². The lowest BCUT2D eigenvalue weighted by Crippen LogP contribution is -2.58. The van der Waals surface area contributed by atoms with Gasteiger partial charge in [0.15, 0.2) is 0 Å². The molecule has 0 atom stereocenters. The molecule has 15 heavy (non-hydrogen) atoms. The third-order valence-electron chi connectivity index (χ3n) is 4.20. The quantitative estimate of drug-likeness (QED) is 0.669. The van der Waals surface area contributed by atoms with Crippen LogP contribution in [0.25, 0.3) is 0 Å². The lowest BCUT2D eigenvalue weighted by Gasteiger charge is -2.54. The Labute approximate surface area is 96.2 Å². The molecule has 90 valence electrons. The molecule has 1 aliphatic rings. The SMILES string of the molecule is CC(C)CC1CC(C)(C)N(C)C(C)(C)C1. The van der Waals surface area contributed by atoms with Crippen molar-refractivity contribution in [3.05, 3.63) is 0 Å². The van der Waals surface area contributed by atoms with Gasteiger partial charge in [0.2, 0.25) is 0 Å². The number of piperidine rings is 1. The van der Waals surface area contributed by atoms with Crippen molar-refractivity contribution >= 4 is 0 Å². The number of likely N-dealkylation sites (tertiary alicyclic amines) is 1. The van der Waals surface area contributed by atoms with E-state index in [9.17, 15) is 0 Å². The van der Waals surface area contributed by atoms with Gasteiger partial charge in [0.05, 0.1) is 0 Å². The highest BCUT2D eigenvalue weighted by Gasteiger charge is 2.42. The highest BCUT2D eigenvalue weighted by molar-refractivity contribution is 4.98. The third kappa shape index (κ3) is 2.96. The van der Waals surface area contributed by atoms with Crippen molar-refractivity contribution in [1.29, 1.82) is 0 Å². The van der Waals surface area contributed by atoms with Crippen LogP contribution < -0.4 is 0 Å². The summed E-state index contributed by atoms with van der Waals surface area (Å²) in [5.41, 5.74) is 0.725. The molecule has 0 aromatic carbocycles. The predicted octanol–water partition coefficient (Wildman–Crippen LogP) is 3.93. The molecule has 0 spiro atoms. The van der Waals surface area contributed by atoms with Crippen LogP contribution in [0.5, 0.6) is 0 Å². The molecule has 0 unspecified atom stereocenters. The Balaban J connectivity index is 2.75. The summed E-state index contributed by atoms with van der Waals surface area (Å²) in [6, 6.07) is 0. The zero-order valence-corrected chi connectivity index (χ0v) is 11.7. The molecule has 1 fully saturated rings. The number of hydrogen-bond donors (Lipinski definition) is 0. The van der Waals surface area contributed by atoms with E-state index in [0.717, 1.165) is 11.8 Å². The predicted molar refractivity (Wildman–Crippen MR) is 68.1 cm³/mol. The first-order chi connectivity index (χ1) is 6.65. The molecule has 0 aromatic heterocycles. The fourth-order valence-corrected chi connectivity index (χ4v) is 3.41. The van der Waals surface area contributed by atoms with Gasteiger partial charge < -0.3 is 0 Å². The van der Waals surface area contributed by atoms with Gasteiger partial charge in [-0.3, -0.25) is 4.90 Å². The topological polar surface area (TPSA) is 3.24 Å². The zero-order chi connectivity index (χ0) is 11.9. The Morgan fingerprint density at radius 2 is 1.47 bits per heavy atom. The van der Waals surface area contributed by atoms with Crippen molar-refractivity contribution in [2.24, 2.45) is 11.8 Å². The highest BCUT2D eigenvalue weighted by atomic mass is 15.2. The highest BCUT2D eigenvalue weighted by Crippen LogP contribution is 2.42. The zero-order valence-electron chi connectivity index (χ0n) is 11.7. The van der Waals surface area contributed by atoms with Crippen molar-refractivity contribution < 1.29 is 0 Å². The fraction of sp³-hybridized carbons (Fsp3) is 1.00.